The SMILES string of the molecule is Cc1cc(NC[C@@H](N)Cc2ccccc2)n(C)n1. The highest BCUT2D eigenvalue weighted by Crippen LogP contribution is 2.08. The van der Waals surface area contributed by atoms with E-state index in [0.29, 0.717) is 0 Å². The summed E-state index contributed by atoms with van der Waals surface area (Å²) in [5.41, 5.74) is 8.40. The number of nitrogens with one attached hydrogen (secondary N) is 1. The predicted molar refractivity (Wildman–Crippen MR) is 74.6 cm³/mol. The van der Waals surface area contributed by atoms with Crippen molar-refractivity contribution in [2.24, 2.45) is 12.8 Å². The van der Waals surface area contributed by atoms with E-state index in [9.17, 15) is 0 Å². The molecule has 0 aliphatic carbocycles. The molecule has 18 heavy (non-hydrogen) atoms. The lowest BCUT2D eigenvalue weighted by atomic mass is 10.1. The summed E-state index contributed by atoms with van der Waals surface area (Å²) in [5, 5.41) is 7.62. The van der Waals surface area contributed by atoms with E-state index in [0.717, 1.165) is 24.5 Å². The van der Waals surface area contributed by atoms with Crippen molar-refractivity contribution in [1.29, 1.82) is 0 Å². The fourth-order valence-corrected chi connectivity index (χ4v) is 2.00. The first kappa shape index (κ1) is 12.6. The molecule has 0 bridgehead atoms. The van der Waals surface area contributed by atoms with Crippen molar-refractivity contribution >= 4 is 5.82 Å². The Bertz CT molecular complexity index is 490. The van der Waals surface area contributed by atoms with Gasteiger partial charge in [-0.2, -0.15) is 5.10 Å². The van der Waals surface area contributed by atoms with Crippen molar-refractivity contribution in [2.75, 3.05) is 11.9 Å². The van der Waals surface area contributed by atoms with E-state index in [1.54, 1.807) is 0 Å². The molecule has 2 rings (SSSR count). The third-order valence-corrected chi connectivity index (χ3v) is 2.89. The molecule has 4 heteroatoms. The molecule has 0 saturated carbocycles. The molecule has 3 N–H and O–H groups in total. The molecule has 1 aromatic heterocycles. The molecule has 0 amide bonds. The van der Waals surface area contributed by atoms with Crippen molar-refractivity contribution in [1.82, 2.24) is 9.78 Å². The second-order valence-corrected chi connectivity index (χ2v) is 4.63. The number of aryl methyl sites for hydroxylation is 2. The number of nitrogens with zero attached hydrogens (tertiary/aromatic N) is 2. The maximum Gasteiger partial charge on any atom is 0.124 e. The highest BCUT2D eigenvalue weighted by atomic mass is 15.3. The first-order valence-corrected chi connectivity index (χ1v) is 6.19. The van der Waals surface area contributed by atoms with Crippen LogP contribution in [0.1, 0.15) is 11.3 Å². The van der Waals surface area contributed by atoms with Crippen LogP contribution in [0, 0.1) is 6.92 Å². The van der Waals surface area contributed by atoms with Crippen LogP contribution in [0.15, 0.2) is 36.4 Å². The molecule has 0 fully saturated rings. The van der Waals surface area contributed by atoms with Crippen LogP contribution in [0.4, 0.5) is 5.82 Å². The normalized spacial score (nSPS) is 12.4. The molecule has 0 radical (unpaired) electrons. The van der Waals surface area contributed by atoms with Gasteiger partial charge < -0.3 is 11.1 Å². The number of benzene rings is 1. The molecule has 0 spiro atoms. The maximum atomic E-state index is 6.12. The van der Waals surface area contributed by atoms with Crippen LogP contribution in [-0.4, -0.2) is 22.4 Å². The largest absolute Gasteiger partial charge is 0.369 e. The topological polar surface area (TPSA) is 55.9 Å². The molecule has 96 valence electrons. The Balaban J connectivity index is 1.85. The summed E-state index contributed by atoms with van der Waals surface area (Å²) < 4.78 is 1.84. The van der Waals surface area contributed by atoms with Crippen LogP contribution in [-0.2, 0) is 13.5 Å². The number of rotatable bonds is 5. The third kappa shape index (κ3) is 3.34. The molecular formula is C14H20N4. The number of hydrogen-bond acceptors (Lipinski definition) is 3. The quantitative estimate of drug-likeness (QED) is 0.842. The Hall–Kier alpha value is -1.81. The van der Waals surface area contributed by atoms with Crippen molar-refractivity contribution in [3.05, 3.63) is 47.7 Å². The molecule has 1 atom stereocenters. The number of aromatic nitrogens is 2. The van der Waals surface area contributed by atoms with Crippen LogP contribution in [0.3, 0.4) is 0 Å². The third-order valence-electron chi connectivity index (χ3n) is 2.89. The second kappa shape index (κ2) is 5.69. The zero-order chi connectivity index (χ0) is 13.0. The predicted octanol–water partition coefficient (Wildman–Crippen LogP) is 1.71. The van der Waals surface area contributed by atoms with E-state index in [4.69, 9.17) is 5.73 Å². The first-order valence-electron chi connectivity index (χ1n) is 6.19. The summed E-state index contributed by atoms with van der Waals surface area (Å²) in [6.07, 6.45) is 0.880. The lowest BCUT2D eigenvalue weighted by Crippen LogP contribution is -2.31. The Morgan fingerprint density at radius 3 is 2.67 bits per heavy atom. The molecular weight excluding hydrogens is 224 g/mol. The van der Waals surface area contributed by atoms with Crippen LogP contribution in [0.5, 0.6) is 0 Å². The minimum Gasteiger partial charge on any atom is -0.369 e. The van der Waals surface area contributed by atoms with E-state index < -0.39 is 0 Å². The Morgan fingerprint density at radius 1 is 1.33 bits per heavy atom. The van der Waals surface area contributed by atoms with Gasteiger partial charge in [0.2, 0.25) is 0 Å². The van der Waals surface area contributed by atoms with Gasteiger partial charge in [-0.3, -0.25) is 4.68 Å². The van der Waals surface area contributed by atoms with Crippen LogP contribution in [0.25, 0.3) is 0 Å². The number of anilines is 1. The maximum absolute atomic E-state index is 6.12. The number of nitrogens with two attached hydrogens (primary N) is 1. The summed E-state index contributed by atoms with van der Waals surface area (Å²) in [6.45, 7) is 2.73. The molecule has 0 aliphatic heterocycles. The number of hydrogen-bond donors (Lipinski definition) is 2. The van der Waals surface area contributed by atoms with Crippen molar-refractivity contribution in [2.45, 2.75) is 19.4 Å². The van der Waals surface area contributed by atoms with Gasteiger partial charge in [-0.05, 0) is 18.9 Å². The Labute approximate surface area is 108 Å². The van der Waals surface area contributed by atoms with Crippen LogP contribution >= 0.6 is 0 Å². The first-order chi connectivity index (χ1) is 8.65. The summed E-state index contributed by atoms with van der Waals surface area (Å²) in [6, 6.07) is 12.4. The standard InChI is InChI=1S/C14H20N4/c1-11-8-14(18(2)17-11)16-10-13(15)9-12-6-4-3-5-7-12/h3-8,13,16H,9-10,15H2,1-2H3/t13-/m0/s1. The van der Waals surface area contributed by atoms with Crippen molar-refractivity contribution in [3.8, 4) is 0 Å². The molecule has 0 aliphatic rings. The van der Waals surface area contributed by atoms with Crippen molar-refractivity contribution < 1.29 is 0 Å². The van der Waals surface area contributed by atoms with E-state index in [-0.39, 0.29) is 6.04 Å². The van der Waals surface area contributed by atoms with Crippen LogP contribution in [0.2, 0.25) is 0 Å². The molecule has 1 aromatic carbocycles. The Kier molecular flexibility index (Phi) is 3.99. The smallest absolute Gasteiger partial charge is 0.124 e. The zero-order valence-electron chi connectivity index (χ0n) is 10.9. The average molecular weight is 244 g/mol. The summed E-state index contributed by atoms with van der Waals surface area (Å²) in [4.78, 5) is 0. The summed E-state index contributed by atoms with van der Waals surface area (Å²) >= 11 is 0. The second-order valence-electron chi connectivity index (χ2n) is 4.63. The van der Waals surface area contributed by atoms with Gasteiger partial charge in [0.25, 0.3) is 0 Å². The Morgan fingerprint density at radius 2 is 2.06 bits per heavy atom. The minimum atomic E-state index is 0.0996. The molecule has 2 aromatic rings. The zero-order valence-corrected chi connectivity index (χ0v) is 10.9. The highest BCUT2D eigenvalue weighted by molar-refractivity contribution is 5.36. The highest BCUT2D eigenvalue weighted by Gasteiger charge is 2.06. The van der Waals surface area contributed by atoms with Gasteiger partial charge in [0.1, 0.15) is 5.82 Å². The van der Waals surface area contributed by atoms with Gasteiger partial charge >= 0.3 is 0 Å². The summed E-state index contributed by atoms with van der Waals surface area (Å²) in [5.74, 6) is 1.01. The monoisotopic (exact) mass is 244 g/mol. The molecule has 0 unspecified atom stereocenters. The minimum absolute atomic E-state index is 0.0996. The van der Waals surface area contributed by atoms with E-state index in [2.05, 4.69) is 22.5 Å². The van der Waals surface area contributed by atoms with Gasteiger partial charge in [-0.15, -0.1) is 0 Å². The molecule has 4 nitrogen and oxygen atoms in total. The van der Waals surface area contributed by atoms with Crippen LogP contribution < -0.4 is 11.1 Å². The van der Waals surface area contributed by atoms with E-state index in [1.807, 2.05) is 42.9 Å². The lowest BCUT2D eigenvalue weighted by molar-refractivity contribution is 0.686. The molecule has 0 saturated heterocycles. The van der Waals surface area contributed by atoms with Gasteiger partial charge in [-0.1, -0.05) is 30.3 Å². The van der Waals surface area contributed by atoms with E-state index >= 15 is 0 Å². The summed E-state index contributed by atoms with van der Waals surface area (Å²) in [7, 11) is 1.93. The van der Waals surface area contributed by atoms with E-state index in [1.165, 1.54) is 5.56 Å². The van der Waals surface area contributed by atoms with Gasteiger partial charge in [-0.25, -0.2) is 0 Å². The van der Waals surface area contributed by atoms with Gasteiger partial charge in [0.15, 0.2) is 0 Å². The molecule has 1 heterocycles. The van der Waals surface area contributed by atoms with Crippen molar-refractivity contribution in [3.63, 3.8) is 0 Å². The van der Waals surface area contributed by atoms with Gasteiger partial charge in [0, 0.05) is 25.7 Å². The average Bonchev–Trinajstić information content (AvgIpc) is 2.66. The lowest BCUT2D eigenvalue weighted by Gasteiger charge is -2.13. The van der Waals surface area contributed by atoms with Gasteiger partial charge in [0.05, 0.1) is 5.69 Å². The fourth-order valence-electron chi connectivity index (χ4n) is 2.00. The fraction of sp³-hybridized carbons (Fsp3) is 0.357.